The zero-order valence-electron chi connectivity index (χ0n) is 7.80. The number of nitrogens with two attached hydrogens (primary N) is 1. The van der Waals surface area contributed by atoms with E-state index >= 15 is 0 Å². The van der Waals surface area contributed by atoms with Gasteiger partial charge in [0.2, 0.25) is 0 Å². The Morgan fingerprint density at radius 3 is 2.67 bits per heavy atom. The predicted octanol–water partition coefficient (Wildman–Crippen LogP) is 1.59. The molecule has 0 unspecified atom stereocenters. The summed E-state index contributed by atoms with van der Waals surface area (Å²) < 4.78 is 0. The van der Waals surface area contributed by atoms with Crippen molar-refractivity contribution in [1.82, 2.24) is 4.98 Å². The average Bonchev–Trinajstić information content (AvgIpc) is 2.07. The van der Waals surface area contributed by atoms with Gasteiger partial charge in [0, 0.05) is 11.9 Å². The van der Waals surface area contributed by atoms with Gasteiger partial charge in [0.15, 0.2) is 0 Å². The van der Waals surface area contributed by atoms with Gasteiger partial charge in [-0.2, -0.15) is 0 Å². The van der Waals surface area contributed by atoms with E-state index in [4.69, 9.17) is 5.73 Å². The maximum Gasteiger partial charge on any atom is 0.0406 e. The smallest absolute Gasteiger partial charge is 0.0406 e. The lowest BCUT2D eigenvalue weighted by atomic mass is 10.1. The maximum atomic E-state index is 5.42. The lowest BCUT2D eigenvalue weighted by molar-refractivity contribution is 0.808. The highest BCUT2D eigenvalue weighted by Crippen LogP contribution is 2.07. The topological polar surface area (TPSA) is 38.9 Å². The van der Waals surface area contributed by atoms with Crippen LogP contribution in [0.15, 0.2) is 12.3 Å². The van der Waals surface area contributed by atoms with Crippen molar-refractivity contribution in [1.29, 1.82) is 0 Å². The summed E-state index contributed by atoms with van der Waals surface area (Å²) in [6.45, 7) is 4.94. The van der Waals surface area contributed by atoms with Gasteiger partial charge in [-0.15, -0.1) is 0 Å². The second-order valence-electron chi connectivity index (χ2n) is 3.15. The Labute approximate surface area is 73.8 Å². The first kappa shape index (κ1) is 9.20. The first-order valence-corrected chi connectivity index (χ1v) is 4.36. The van der Waals surface area contributed by atoms with Crippen LogP contribution in [0.25, 0.3) is 0 Å². The number of nitrogens with zero attached hydrogens (tertiary/aromatic N) is 1. The Morgan fingerprint density at radius 2 is 2.08 bits per heavy atom. The molecule has 2 nitrogen and oxygen atoms in total. The van der Waals surface area contributed by atoms with Gasteiger partial charge in [0.1, 0.15) is 0 Å². The fourth-order valence-corrected chi connectivity index (χ4v) is 1.10. The van der Waals surface area contributed by atoms with E-state index in [0.29, 0.717) is 0 Å². The van der Waals surface area contributed by atoms with Crippen LogP contribution < -0.4 is 5.73 Å². The van der Waals surface area contributed by atoms with Gasteiger partial charge in [-0.1, -0.05) is 0 Å². The fraction of sp³-hybridized carbons (Fsp3) is 0.500. The highest BCUT2D eigenvalue weighted by Gasteiger charge is 1.96. The average molecular weight is 164 g/mol. The second kappa shape index (κ2) is 4.21. The molecule has 2 heteroatoms. The summed E-state index contributed by atoms with van der Waals surface area (Å²) in [7, 11) is 0. The van der Waals surface area contributed by atoms with Crippen molar-refractivity contribution in [2.45, 2.75) is 26.7 Å². The summed E-state index contributed by atoms with van der Waals surface area (Å²) in [5.74, 6) is 0. The molecular weight excluding hydrogens is 148 g/mol. The summed E-state index contributed by atoms with van der Waals surface area (Å²) in [5, 5.41) is 0. The van der Waals surface area contributed by atoms with Crippen LogP contribution in [-0.2, 0) is 6.42 Å². The first-order chi connectivity index (χ1) is 5.74. The minimum atomic E-state index is 0.745. The molecule has 0 spiro atoms. The number of hydrogen-bond acceptors (Lipinski definition) is 2. The molecule has 1 aromatic rings. The Bertz CT molecular complexity index is 256. The van der Waals surface area contributed by atoms with Gasteiger partial charge in [0.25, 0.3) is 0 Å². The molecule has 0 saturated carbocycles. The number of rotatable bonds is 3. The van der Waals surface area contributed by atoms with E-state index in [1.807, 2.05) is 6.20 Å². The van der Waals surface area contributed by atoms with Gasteiger partial charge in [0.05, 0.1) is 0 Å². The Kier molecular flexibility index (Phi) is 3.23. The van der Waals surface area contributed by atoms with E-state index in [0.717, 1.165) is 25.1 Å². The number of hydrogen-bond donors (Lipinski definition) is 1. The molecule has 2 N–H and O–H groups in total. The van der Waals surface area contributed by atoms with Crippen LogP contribution in [0.3, 0.4) is 0 Å². The standard InChI is InChI=1S/C10H16N2/c1-8-6-10(4-3-5-11)12-7-9(8)2/h6-7H,3-5,11H2,1-2H3. The minimum absolute atomic E-state index is 0.745. The Morgan fingerprint density at radius 1 is 1.33 bits per heavy atom. The van der Waals surface area contributed by atoms with Crippen molar-refractivity contribution >= 4 is 0 Å². The summed E-state index contributed by atoms with van der Waals surface area (Å²) >= 11 is 0. The van der Waals surface area contributed by atoms with Gasteiger partial charge in [-0.3, -0.25) is 4.98 Å². The summed E-state index contributed by atoms with van der Waals surface area (Å²) in [6.07, 6.45) is 3.95. The second-order valence-corrected chi connectivity index (χ2v) is 3.15. The molecule has 12 heavy (non-hydrogen) atoms. The molecule has 0 atom stereocenters. The van der Waals surface area contributed by atoms with Crippen molar-refractivity contribution in [3.05, 3.63) is 29.1 Å². The van der Waals surface area contributed by atoms with Gasteiger partial charge in [-0.05, 0) is 50.4 Å². The van der Waals surface area contributed by atoms with Gasteiger partial charge in [-0.25, -0.2) is 0 Å². The molecule has 0 fully saturated rings. The Balaban J connectivity index is 2.69. The van der Waals surface area contributed by atoms with Crippen molar-refractivity contribution in [2.24, 2.45) is 5.73 Å². The summed E-state index contributed by atoms with van der Waals surface area (Å²) in [4.78, 5) is 4.32. The number of pyridine rings is 1. The van der Waals surface area contributed by atoms with E-state index in [-0.39, 0.29) is 0 Å². The first-order valence-electron chi connectivity index (χ1n) is 4.36. The van der Waals surface area contributed by atoms with Crippen LogP contribution in [-0.4, -0.2) is 11.5 Å². The van der Waals surface area contributed by atoms with Crippen molar-refractivity contribution < 1.29 is 0 Å². The van der Waals surface area contributed by atoms with Crippen LogP contribution >= 0.6 is 0 Å². The van der Waals surface area contributed by atoms with Gasteiger partial charge >= 0.3 is 0 Å². The molecule has 1 heterocycles. The van der Waals surface area contributed by atoms with Gasteiger partial charge < -0.3 is 5.73 Å². The zero-order valence-corrected chi connectivity index (χ0v) is 7.80. The molecule has 0 radical (unpaired) electrons. The highest BCUT2D eigenvalue weighted by atomic mass is 14.7. The van der Waals surface area contributed by atoms with Crippen LogP contribution in [0.4, 0.5) is 0 Å². The monoisotopic (exact) mass is 164 g/mol. The molecule has 0 amide bonds. The van der Waals surface area contributed by atoms with E-state index in [9.17, 15) is 0 Å². The van der Waals surface area contributed by atoms with E-state index in [1.54, 1.807) is 0 Å². The number of aryl methyl sites for hydroxylation is 3. The third kappa shape index (κ3) is 2.31. The third-order valence-corrected chi connectivity index (χ3v) is 2.07. The van der Waals surface area contributed by atoms with E-state index in [1.165, 1.54) is 11.1 Å². The fourth-order valence-electron chi connectivity index (χ4n) is 1.10. The normalized spacial score (nSPS) is 10.2. The molecule has 1 rings (SSSR count). The van der Waals surface area contributed by atoms with Crippen LogP contribution in [0, 0.1) is 13.8 Å². The van der Waals surface area contributed by atoms with E-state index < -0.39 is 0 Å². The number of aromatic nitrogens is 1. The van der Waals surface area contributed by atoms with Crippen LogP contribution in [0.5, 0.6) is 0 Å². The van der Waals surface area contributed by atoms with E-state index in [2.05, 4.69) is 24.9 Å². The summed E-state index contributed by atoms with van der Waals surface area (Å²) in [5.41, 5.74) is 9.15. The lowest BCUT2D eigenvalue weighted by Crippen LogP contribution is -2.02. The molecule has 66 valence electrons. The maximum absolute atomic E-state index is 5.42. The Hall–Kier alpha value is -0.890. The van der Waals surface area contributed by atoms with Crippen LogP contribution in [0.1, 0.15) is 23.2 Å². The van der Waals surface area contributed by atoms with Crippen molar-refractivity contribution in [3.8, 4) is 0 Å². The molecule has 0 saturated heterocycles. The summed E-state index contributed by atoms with van der Waals surface area (Å²) in [6, 6.07) is 2.14. The molecule has 0 aromatic carbocycles. The van der Waals surface area contributed by atoms with Crippen LogP contribution in [0.2, 0.25) is 0 Å². The molecular formula is C10H16N2. The molecule has 0 bridgehead atoms. The van der Waals surface area contributed by atoms with Crippen molar-refractivity contribution in [3.63, 3.8) is 0 Å². The lowest BCUT2D eigenvalue weighted by Gasteiger charge is -2.02. The quantitative estimate of drug-likeness (QED) is 0.736. The molecule has 0 aliphatic heterocycles. The molecule has 0 aliphatic carbocycles. The SMILES string of the molecule is Cc1cnc(CCCN)cc1C. The zero-order chi connectivity index (χ0) is 8.97. The molecule has 1 aromatic heterocycles. The largest absolute Gasteiger partial charge is 0.330 e. The predicted molar refractivity (Wildman–Crippen MR) is 51.1 cm³/mol. The van der Waals surface area contributed by atoms with Crippen molar-refractivity contribution in [2.75, 3.05) is 6.54 Å². The third-order valence-electron chi connectivity index (χ3n) is 2.07. The minimum Gasteiger partial charge on any atom is -0.330 e. The highest BCUT2D eigenvalue weighted by molar-refractivity contribution is 5.23. The molecule has 0 aliphatic rings.